The molecule has 1 heterocycles. The predicted octanol–water partition coefficient (Wildman–Crippen LogP) is 1.81. The van der Waals surface area contributed by atoms with Gasteiger partial charge in [-0.05, 0) is 24.6 Å². The number of carbonyl (C=O) groups is 1. The van der Waals surface area contributed by atoms with E-state index in [4.69, 9.17) is 0 Å². The summed E-state index contributed by atoms with van der Waals surface area (Å²) < 4.78 is 13.0. The molecule has 1 saturated heterocycles. The van der Waals surface area contributed by atoms with Crippen molar-refractivity contribution < 1.29 is 9.18 Å². The van der Waals surface area contributed by atoms with Crippen molar-refractivity contribution in [2.75, 3.05) is 39.3 Å². The average molecular weight is 305 g/mol. The summed E-state index contributed by atoms with van der Waals surface area (Å²) in [6, 6.07) is 6.96. The minimum absolute atomic E-state index is 0.0416. The van der Waals surface area contributed by atoms with Crippen LogP contribution in [0.3, 0.4) is 0 Å². The number of halogens is 1. The van der Waals surface area contributed by atoms with E-state index in [9.17, 15) is 9.18 Å². The second kappa shape index (κ2) is 8.06. The van der Waals surface area contributed by atoms with Crippen molar-refractivity contribution in [1.29, 1.82) is 0 Å². The van der Waals surface area contributed by atoms with Gasteiger partial charge in [0, 0.05) is 38.8 Å². The molecule has 1 amide bonds. The molecule has 0 aliphatic carbocycles. The van der Waals surface area contributed by atoms with Gasteiger partial charge in [0.1, 0.15) is 5.82 Å². The molecule has 1 N–H and O–H groups in total. The largest absolute Gasteiger partial charge is 0.352 e. The first-order chi connectivity index (χ1) is 10.6. The molecule has 0 bridgehead atoms. The van der Waals surface area contributed by atoms with Crippen molar-refractivity contribution in [2.24, 2.45) is 0 Å². The van der Waals surface area contributed by atoms with Crippen LogP contribution in [0, 0.1) is 5.82 Å². The minimum atomic E-state index is -0.202. The summed E-state index contributed by atoms with van der Waals surface area (Å²) in [6.07, 6.45) is 1.68. The van der Waals surface area contributed by atoms with Crippen molar-refractivity contribution in [2.45, 2.75) is 13.0 Å². The van der Waals surface area contributed by atoms with Gasteiger partial charge in [-0.2, -0.15) is 0 Å². The van der Waals surface area contributed by atoms with Gasteiger partial charge in [0.25, 0.3) is 0 Å². The summed E-state index contributed by atoms with van der Waals surface area (Å²) >= 11 is 0. The number of hydrogen-bond acceptors (Lipinski definition) is 3. The van der Waals surface area contributed by atoms with Gasteiger partial charge in [0.05, 0.1) is 6.54 Å². The lowest BCUT2D eigenvalue weighted by atomic mass is 10.1. The highest BCUT2D eigenvalue weighted by Gasteiger charge is 2.23. The van der Waals surface area contributed by atoms with E-state index in [-0.39, 0.29) is 17.8 Å². The van der Waals surface area contributed by atoms with Crippen molar-refractivity contribution >= 4 is 5.91 Å². The normalized spacial score (nSPS) is 17.9. The van der Waals surface area contributed by atoms with Crippen LogP contribution in [0.25, 0.3) is 0 Å². The number of amides is 1. The number of rotatable bonds is 6. The van der Waals surface area contributed by atoms with Crippen molar-refractivity contribution in [1.82, 2.24) is 15.1 Å². The summed E-state index contributed by atoms with van der Waals surface area (Å²) in [5.74, 6) is -0.161. The molecule has 0 radical (unpaired) electrons. The van der Waals surface area contributed by atoms with E-state index in [0.717, 1.165) is 31.7 Å². The van der Waals surface area contributed by atoms with Crippen molar-refractivity contribution in [3.8, 4) is 0 Å². The molecule has 2 rings (SSSR count). The summed E-state index contributed by atoms with van der Waals surface area (Å²) in [4.78, 5) is 16.2. The summed E-state index contributed by atoms with van der Waals surface area (Å²) in [7, 11) is 0. The zero-order valence-electron chi connectivity index (χ0n) is 13.1. The fourth-order valence-corrected chi connectivity index (χ4v) is 2.71. The fourth-order valence-electron chi connectivity index (χ4n) is 2.71. The van der Waals surface area contributed by atoms with Gasteiger partial charge in [-0.25, -0.2) is 4.39 Å². The van der Waals surface area contributed by atoms with Crippen molar-refractivity contribution in [3.63, 3.8) is 0 Å². The molecule has 22 heavy (non-hydrogen) atoms. The Labute approximate surface area is 131 Å². The highest BCUT2D eigenvalue weighted by atomic mass is 19.1. The van der Waals surface area contributed by atoms with Gasteiger partial charge in [0.2, 0.25) is 5.91 Å². The van der Waals surface area contributed by atoms with Crippen LogP contribution < -0.4 is 5.32 Å². The quantitative estimate of drug-likeness (QED) is 0.814. The van der Waals surface area contributed by atoms with Gasteiger partial charge < -0.3 is 5.32 Å². The molecule has 0 spiro atoms. The zero-order valence-corrected chi connectivity index (χ0v) is 13.1. The van der Waals surface area contributed by atoms with Gasteiger partial charge in [-0.3, -0.25) is 14.6 Å². The Morgan fingerprint density at radius 2 is 1.95 bits per heavy atom. The summed E-state index contributed by atoms with van der Waals surface area (Å²) in [6.45, 7) is 10.2. The SMILES string of the molecule is C=CCNC(=O)CN1CCN(C(C)c2ccc(F)cc2)CC1. The maximum Gasteiger partial charge on any atom is 0.234 e. The Kier molecular flexibility index (Phi) is 6.10. The third kappa shape index (κ3) is 4.64. The molecule has 0 aromatic heterocycles. The lowest BCUT2D eigenvalue weighted by Gasteiger charge is -2.37. The summed E-state index contributed by atoms with van der Waals surface area (Å²) in [5, 5.41) is 2.80. The molecule has 4 nitrogen and oxygen atoms in total. The first-order valence-corrected chi connectivity index (χ1v) is 7.69. The number of nitrogens with zero attached hydrogens (tertiary/aromatic N) is 2. The average Bonchev–Trinajstić information content (AvgIpc) is 2.54. The van der Waals surface area contributed by atoms with E-state index in [1.807, 2.05) is 12.1 Å². The number of piperazine rings is 1. The lowest BCUT2D eigenvalue weighted by molar-refractivity contribution is -0.122. The second-order valence-corrected chi connectivity index (χ2v) is 5.63. The van der Waals surface area contributed by atoms with Gasteiger partial charge in [-0.1, -0.05) is 18.2 Å². The summed E-state index contributed by atoms with van der Waals surface area (Å²) in [5.41, 5.74) is 1.12. The molecule has 1 aliphatic heterocycles. The Morgan fingerprint density at radius 1 is 1.32 bits per heavy atom. The van der Waals surface area contributed by atoms with E-state index in [1.54, 1.807) is 6.08 Å². The first-order valence-electron chi connectivity index (χ1n) is 7.69. The number of carbonyl (C=O) groups excluding carboxylic acids is 1. The van der Waals surface area contributed by atoms with Crippen LogP contribution in [0.4, 0.5) is 4.39 Å². The third-order valence-electron chi connectivity index (χ3n) is 4.12. The topological polar surface area (TPSA) is 35.6 Å². The van der Waals surface area contributed by atoms with Crippen LogP contribution in [0.5, 0.6) is 0 Å². The van der Waals surface area contributed by atoms with Crippen LogP contribution in [0.2, 0.25) is 0 Å². The molecule has 1 fully saturated rings. The molecule has 1 aromatic carbocycles. The zero-order chi connectivity index (χ0) is 15.9. The third-order valence-corrected chi connectivity index (χ3v) is 4.12. The first kappa shape index (κ1) is 16.6. The molecule has 120 valence electrons. The second-order valence-electron chi connectivity index (χ2n) is 5.63. The highest BCUT2D eigenvalue weighted by Crippen LogP contribution is 2.21. The van der Waals surface area contributed by atoms with Gasteiger partial charge in [-0.15, -0.1) is 6.58 Å². The molecule has 0 saturated carbocycles. The standard InChI is InChI=1S/C17H24FN3O/c1-3-8-19-17(22)13-20-9-11-21(12-10-20)14(2)15-4-6-16(18)7-5-15/h3-7,14H,1,8-13H2,2H3,(H,19,22). The maximum absolute atomic E-state index is 13.0. The fraction of sp³-hybridized carbons (Fsp3) is 0.471. The highest BCUT2D eigenvalue weighted by molar-refractivity contribution is 5.78. The Bertz CT molecular complexity index is 495. The molecule has 1 atom stereocenters. The molecule has 1 aromatic rings. The van der Waals surface area contributed by atoms with Crippen LogP contribution in [0.15, 0.2) is 36.9 Å². The van der Waals surface area contributed by atoms with Crippen LogP contribution in [0.1, 0.15) is 18.5 Å². The van der Waals surface area contributed by atoms with E-state index in [2.05, 4.69) is 28.6 Å². The Hall–Kier alpha value is -1.72. The lowest BCUT2D eigenvalue weighted by Crippen LogP contribution is -2.49. The number of benzene rings is 1. The van der Waals surface area contributed by atoms with Crippen LogP contribution in [-0.2, 0) is 4.79 Å². The molecular formula is C17H24FN3O. The molecular weight excluding hydrogens is 281 g/mol. The smallest absolute Gasteiger partial charge is 0.234 e. The maximum atomic E-state index is 13.0. The van der Waals surface area contributed by atoms with Crippen molar-refractivity contribution in [3.05, 3.63) is 48.3 Å². The molecule has 1 unspecified atom stereocenters. The van der Waals surface area contributed by atoms with E-state index >= 15 is 0 Å². The van der Waals surface area contributed by atoms with Gasteiger partial charge >= 0.3 is 0 Å². The predicted molar refractivity (Wildman–Crippen MR) is 86.0 cm³/mol. The monoisotopic (exact) mass is 305 g/mol. The Balaban J connectivity index is 1.80. The van der Waals surface area contributed by atoms with Crippen LogP contribution in [-0.4, -0.2) is 55.0 Å². The van der Waals surface area contributed by atoms with E-state index < -0.39 is 0 Å². The Morgan fingerprint density at radius 3 is 2.55 bits per heavy atom. The molecule has 1 aliphatic rings. The van der Waals surface area contributed by atoms with E-state index in [0.29, 0.717) is 13.1 Å². The number of hydrogen-bond donors (Lipinski definition) is 1. The van der Waals surface area contributed by atoms with Gasteiger partial charge in [0.15, 0.2) is 0 Å². The van der Waals surface area contributed by atoms with E-state index in [1.165, 1.54) is 12.1 Å². The van der Waals surface area contributed by atoms with Crippen LogP contribution >= 0.6 is 0 Å². The molecule has 5 heteroatoms. The number of nitrogens with one attached hydrogen (secondary N) is 1. The minimum Gasteiger partial charge on any atom is -0.352 e.